The number of aromatic nitrogens is 3. The zero-order valence-electron chi connectivity index (χ0n) is 16.3. The van der Waals surface area contributed by atoms with Crippen LogP contribution in [-0.2, 0) is 4.74 Å². The molecule has 148 valence electrons. The average Bonchev–Trinajstić information content (AvgIpc) is 2.64. The summed E-state index contributed by atoms with van der Waals surface area (Å²) in [7, 11) is 1.73. The first kappa shape index (κ1) is 20.1. The van der Waals surface area contributed by atoms with Gasteiger partial charge in [-0.1, -0.05) is 0 Å². The Bertz CT molecular complexity index is 832. The smallest absolute Gasteiger partial charge is 0.252 e. The number of ether oxygens (including phenoxy) is 1. The van der Waals surface area contributed by atoms with Gasteiger partial charge in [-0.2, -0.15) is 4.98 Å². The monoisotopic (exact) mass is 392 g/mol. The first-order chi connectivity index (χ1) is 12.9. The van der Waals surface area contributed by atoms with Gasteiger partial charge in [-0.3, -0.25) is 4.79 Å². The van der Waals surface area contributed by atoms with Gasteiger partial charge in [-0.05, 0) is 39.7 Å². The second-order valence-electron chi connectivity index (χ2n) is 7.50. The van der Waals surface area contributed by atoms with Crippen LogP contribution in [0.15, 0.2) is 17.1 Å². The van der Waals surface area contributed by atoms with Gasteiger partial charge in [0.2, 0.25) is 5.95 Å². The van der Waals surface area contributed by atoms with Crippen molar-refractivity contribution in [1.29, 1.82) is 0 Å². The fourth-order valence-corrected chi connectivity index (χ4v) is 3.80. The lowest BCUT2D eigenvalue weighted by atomic mass is 10.1. The molecule has 0 amide bonds. The molecule has 0 unspecified atom stereocenters. The Hall–Kier alpha value is -1.68. The van der Waals surface area contributed by atoms with Gasteiger partial charge in [0, 0.05) is 62.1 Å². The molecule has 8 nitrogen and oxygen atoms in total. The predicted octanol–water partition coefficient (Wildman–Crippen LogP) is 2.08. The third-order valence-corrected chi connectivity index (χ3v) is 5.71. The maximum Gasteiger partial charge on any atom is 0.252 e. The van der Waals surface area contributed by atoms with Gasteiger partial charge in [0.25, 0.3) is 5.56 Å². The summed E-state index contributed by atoms with van der Waals surface area (Å²) in [4.78, 5) is 23.4. The molecule has 3 rings (SSSR count). The minimum atomic E-state index is -0.167. The van der Waals surface area contributed by atoms with Crippen molar-refractivity contribution in [2.75, 3.05) is 32.1 Å². The molecule has 0 atom stereocenters. The van der Waals surface area contributed by atoms with E-state index in [1.165, 1.54) is 0 Å². The molecular weight excluding hydrogens is 364 g/mol. The SMILES string of the molecule is COC(C)(C)CNSN1CCC(Nc2ncc3cc(C)c(=O)[nH]c3n2)CC1. The number of nitrogens with one attached hydrogen (secondary N) is 3. The van der Waals surface area contributed by atoms with E-state index in [2.05, 4.69) is 43.1 Å². The lowest BCUT2D eigenvalue weighted by Gasteiger charge is -2.32. The molecule has 0 spiro atoms. The van der Waals surface area contributed by atoms with Crippen molar-refractivity contribution < 1.29 is 4.74 Å². The number of aromatic amines is 1. The summed E-state index contributed by atoms with van der Waals surface area (Å²) >= 11 is 1.66. The molecule has 9 heteroatoms. The van der Waals surface area contributed by atoms with Crippen LogP contribution < -0.4 is 15.6 Å². The van der Waals surface area contributed by atoms with E-state index in [1.54, 1.807) is 32.4 Å². The Kier molecular flexibility index (Phi) is 6.36. The number of methoxy groups -OCH3 is 1. The van der Waals surface area contributed by atoms with Gasteiger partial charge in [0.05, 0.1) is 5.60 Å². The summed E-state index contributed by atoms with van der Waals surface area (Å²) in [6, 6.07) is 2.14. The number of piperidine rings is 1. The first-order valence-corrected chi connectivity index (χ1v) is 9.97. The summed E-state index contributed by atoms with van der Waals surface area (Å²) < 4.78 is 11.1. The van der Waals surface area contributed by atoms with E-state index < -0.39 is 0 Å². The van der Waals surface area contributed by atoms with Crippen molar-refractivity contribution in [2.45, 2.75) is 45.3 Å². The summed E-state index contributed by atoms with van der Waals surface area (Å²) in [5.74, 6) is 0.563. The van der Waals surface area contributed by atoms with E-state index in [9.17, 15) is 4.79 Å². The Balaban J connectivity index is 1.50. The van der Waals surface area contributed by atoms with Crippen LogP contribution in [-0.4, -0.2) is 57.6 Å². The lowest BCUT2D eigenvalue weighted by molar-refractivity contribution is 0.0280. The highest BCUT2D eigenvalue weighted by Crippen LogP contribution is 2.20. The molecule has 1 aliphatic rings. The van der Waals surface area contributed by atoms with Crippen molar-refractivity contribution >= 4 is 29.1 Å². The molecule has 2 aromatic rings. The molecule has 1 fully saturated rings. The summed E-state index contributed by atoms with van der Waals surface area (Å²) in [6.45, 7) is 8.65. The number of hydrogen-bond acceptors (Lipinski definition) is 8. The van der Waals surface area contributed by atoms with Gasteiger partial charge in [-0.25, -0.2) is 14.0 Å². The van der Waals surface area contributed by atoms with Crippen molar-refractivity contribution in [3.63, 3.8) is 0 Å². The fourth-order valence-electron chi connectivity index (χ4n) is 2.81. The Morgan fingerprint density at radius 3 is 2.85 bits per heavy atom. The summed E-state index contributed by atoms with van der Waals surface area (Å²) in [6.07, 6.45) is 3.77. The van der Waals surface area contributed by atoms with E-state index in [0.717, 1.165) is 37.9 Å². The van der Waals surface area contributed by atoms with Gasteiger partial charge in [0.15, 0.2) is 0 Å². The maximum absolute atomic E-state index is 11.8. The molecule has 1 saturated heterocycles. The zero-order chi connectivity index (χ0) is 19.4. The quantitative estimate of drug-likeness (QED) is 0.617. The molecule has 3 heterocycles. The Morgan fingerprint density at radius 2 is 2.15 bits per heavy atom. The molecule has 2 aromatic heterocycles. The van der Waals surface area contributed by atoms with E-state index in [4.69, 9.17) is 4.74 Å². The topological polar surface area (TPSA) is 95.2 Å². The Morgan fingerprint density at radius 1 is 1.41 bits per heavy atom. The van der Waals surface area contributed by atoms with Gasteiger partial charge in [0.1, 0.15) is 5.65 Å². The minimum absolute atomic E-state index is 0.110. The predicted molar refractivity (Wildman–Crippen MR) is 110 cm³/mol. The molecule has 1 aliphatic heterocycles. The standard InChI is InChI=1S/C18H28N6O2S/c1-12-9-13-10-19-17(23-15(13)22-16(12)25)21-14-5-7-24(8-6-14)27-20-11-18(2,3)26-4/h9-10,14,20H,5-8,11H2,1-4H3,(H2,19,21,22,23,25). The third kappa shape index (κ3) is 5.41. The number of anilines is 1. The molecule has 3 N–H and O–H groups in total. The molecular formula is C18H28N6O2S. The van der Waals surface area contributed by atoms with Gasteiger partial charge >= 0.3 is 0 Å². The number of rotatable bonds is 7. The molecule has 27 heavy (non-hydrogen) atoms. The summed E-state index contributed by atoms with van der Waals surface area (Å²) in [5, 5.41) is 4.24. The largest absolute Gasteiger partial charge is 0.377 e. The van der Waals surface area contributed by atoms with Crippen LogP contribution in [0, 0.1) is 6.92 Å². The van der Waals surface area contributed by atoms with Crippen LogP contribution in [0.2, 0.25) is 0 Å². The van der Waals surface area contributed by atoms with Gasteiger partial charge in [-0.15, -0.1) is 0 Å². The van der Waals surface area contributed by atoms with Crippen LogP contribution in [0.5, 0.6) is 0 Å². The number of pyridine rings is 1. The molecule has 0 saturated carbocycles. The van der Waals surface area contributed by atoms with Crippen LogP contribution in [0.3, 0.4) is 0 Å². The second kappa shape index (κ2) is 8.55. The van der Waals surface area contributed by atoms with E-state index >= 15 is 0 Å². The number of aryl methyl sites for hydroxylation is 1. The first-order valence-electron chi connectivity index (χ1n) is 9.19. The molecule has 0 bridgehead atoms. The average molecular weight is 393 g/mol. The van der Waals surface area contributed by atoms with Crippen molar-refractivity contribution in [2.24, 2.45) is 0 Å². The van der Waals surface area contributed by atoms with E-state index in [0.29, 0.717) is 23.2 Å². The minimum Gasteiger partial charge on any atom is -0.377 e. The van der Waals surface area contributed by atoms with Crippen LogP contribution in [0.4, 0.5) is 5.95 Å². The highest BCUT2D eigenvalue weighted by atomic mass is 32.2. The molecule has 0 radical (unpaired) electrons. The van der Waals surface area contributed by atoms with Gasteiger partial charge < -0.3 is 15.0 Å². The summed E-state index contributed by atoms with van der Waals surface area (Å²) in [5.41, 5.74) is 0.960. The number of fused-ring (bicyclic) bond motifs is 1. The highest BCUT2D eigenvalue weighted by molar-refractivity contribution is 7.95. The molecule has 0 aliphatic carbocycles. The lowest BCUT2D eigenvalue weighted by Crippen LogP contribution is -2.40. The van der Waals surface area contributed by atoms with Crippen LogP contribution >= 0.6 is 12.1 Å². The second-order valence-corrected chi connectivity index (χ2v) is 8.49. The van der Waals surface area contributed by atoms with E-state index in [1.807, 2.05) is 6.07 Å². The maximum atomic E-state index is 11.8. The normalized spacial score (nSPS) is 16.7. The number of H-pyrrole nitrogens is 1. The van der Waals surface area contributed by atoms with Crippen molar-refractivity contribution in [3.05, 3.63) is 28.2 Å². The number of hydrogen-bond donors (Lipinski definition) is 3. The Labute approximate surface area is 163 Å². The molecule has 0 aromatic carbocycles. The van der Waals surface area contributed by atoms with Crippen molar-refractivity contribution in [1.82, 2.24) is 24.0 Å². The van der Waals surface area contributed by atoms with E-state index in [-0.39, 0.29) is 11.2 Å². The highest BCUT2D eigenvalue weighted by Gasteiger charge is 2.22. The van der Waals surface area contributed by atoms with Crippen molar-refractivity contribution in [3.8, 4) is 0 Å². The zero-order valence-corrected chi connectivity index (χ0v) is 17.2. The van der Waals surface area contributed by atoms with Crippen LogP contribution in [0.25, 0.3) is 11.0 Å². The third-order valence-electron chi connectivity index (χ3n) is 4.81. The number of nitrogens with zero attached hydrogens (tertiary/aromatic N) is 3. The fraction of sp³-hybridized carbons (Fsp3) is 0.611. The van der Waals surface area contributed by atoms with Crippen LogP contribution in [0.1, 0.15) is 32.3 Å².